The van der Waals surface area contributed by atoms with Gasteiger partial charge >= 0.3 is 12.1 Å². The van der Waals surface area contributed by atoms with Gasteiger partial charge < -0.3 is 10.6 Å². The minimum absolute atomic E-state index is 0.0682. The van der Waals surface area contributed by atoms with E-state index in [0.29, 0.717) is 11.4 Å². The molecule has 0 aromatic heterocycles. The van der Waals surface area contributed by atoms with Crippen LogP contribution in [0.5, 0.6) is 0 Å². The molecule has 0 saturated heterocycles. The van der Waals surface area contributed by atoms with E-state index in [-0.39, 0.29) is 5.69 Å². The van der Waals surface area contributed by atoms with E-state index in [2.05, 4.69) is 5.32 Å². The van der Waals surface area contributed by atoms with Crippen molar-refractivity contribution in [2.24, 2.45) is 0 Å². The second-order valence-corrected chi connectivity index (χ2v) is 3.99. The summed E-state index contributed by atoms with van der Waals surface area (Å²) in [6, 6.07) is 15.1. The molecule has 0 heterocycles. The van der Waals surface area contributed by atoms with Gasteiger partial charge in [-0.3, -0.25) is 4.79 Å². The molecule has 104 valence electrons. The minimum atomic E-state index is -4.92. The number of rotatable bonds is 3. The summed E-state index contributed by atoms with van der Waals surface area (Å²) in [7, 11) is 0. The van der Waals surface area contributed by atoms with Crippen LogP contribution in [-0.2, 0) is 4.79 Å². The van der Waals surface area contributed by atoms with Gasteiger partial charge in [-0.15, -0.1) is 0 Å². The topological polar surface area (TPSA) is 41.1 Å². The molecule has 0 aliphatic carbocycles. The van der Waals surface area contributed by atoms with Crippen molar-refractivity contribution in [1.82, 2.24) is 0 Å². The maximum atomic E-state index is 12.3. The monoisotopic (exact) mass is 280 g/mol. The lowest BCUT2D eigenvalue weighted by Gasteiger charge is -2.14. The fourth-order valence-corrected chi connectivity index (χ4v) is 1.57. The largest absolute Gasteiger partial charge is 0.471 e. The number of hydrogen-bond donors (Lipinski definition) is 2. The first kappa shape index (κ1) is 13.9. The van der Waals surface area contributed by atoms with Crippen LogP contribution in [0.1, 0.15) is 0 Å². The molecule has 20 heavy (non-hydrogen) atoms. The number of benzene rings is 2. The standard InChI is InChI=1S/C14H11F3N2O/c15-14(16,17)13(20)19-12-9-5-4-8-11(12)18-10-6-2-1-3-7-10/h1-9,18H,(H,19,20). The molecule has 0 spiro atoms. The molecular formula is C14H11F3N2O. The van der Waals surface area contributed by atoms with Crippen molar-refractivity contribution in [2.45, 2.75) is 6.18 Å². The summed E-state index contributed by atoms with van der Waals surface area (Å²) in [5.74, 6) is -2.00. The van der Waals surface area contributed by atoms with Gasteiger partial charge in [-0.05, 0) is 24.3 Å². The van der Waals surface area contributed by atoms with Gasteiger partial charge in [0, 0.05) is 5.69 Å². The third-order valence-electron chi connectivity index (χ3n) is 2.49. The number of carbonyl (C=O) groups is 1. The van der Waals surface area contributed by atoms with Gasteiger partial charge in [0.25, 0.3) is 0 Å². The minimum Gasteiger partial charge on any atom is -0.354 e. The lowest BCUT2D eigenvalue weighted by Crippen LogP contribution is -2.30. The van der Waals surface area contributed by atoms with Gasteiger partial charge in [0.2, 0.25) is 0 Å². The maximum Gasteiger partial charge on any atom is 0.471 e. The highest BCUT2D eigenvalue weighted by Gasteiger charge is 2.38. The van der Waals surface area contributed by atoms with Gasteiger partial charge in [-0.2, -0.15) is 13.2 Å². The third-order valence-corrected chi connectivity index (χ3v) is 2.49. The zero-order valence-corrected chi connectivity index (χ0v) is 10.2. The second kappa shape index (κ2) is 5.64. The van der Waals surface area contributed by atoms with E-state index in [0.717, 1.165) is 0 Å². The van der Waals surface area contributed by atoms with E-state index in [1.807, 2.05) is 11.4 Å². The quantitative estimate of drug-likeness (QED) is 0.894. The van der Waals surface area contributed by atoms with Crippen molar-refractivity contribution >= 4 is 23.0 Å². The first-order valence-corrected chi connectivity index (χ1v) is 5.76. The van der Waals surface area contributed by atoms with E-state index >= 15 is 0 Å². The maximum absolute atomic E-state index is 12.3. The fraction of sp³-hybridized carbons (Fsp3) is 0.0714. The Kier molecular flexibility index (Phi) is 3.93. The molecule has 2 rings (SSSR count). The smallest absolute Gasteiger partial charge is 0.354 e. The van der Waals surface area contributed by atoms with Gasteiger partial charge in [0.15, 0.2) is 0 Å². The lowest BCUT2D eigenvalue weighted by molar-refractivity contribution is -0.167. The first-order valence-electron chi connectivity index (χ1n) is 5.76. The zero-order chi connectivity index (χ0) is 14.6. The van der Waals surface area contributed by atoms with Gasteiger partial charge in [-0.25, -0.2) is 0 Å². The van der Waals surface area contributed by atoms with Crippen LogP contribution in [0.25, 0.3) is 0 Å². The van der Waals surface area contributed by atoms with Gasteiger partial charge in [0.05, 0.1) is 11.4 Å². The van der Waals surface area contributed by atoms with Crippen LogP contribution in [0.2, 0.25) is 0 Å². The molecule has 0 fully saturated rings. The number of halogens is 3. The van der Waals surface area contributed by atoms with Crippen molar-refractivity contribution in [1.29, 1.82) is 0 Å². The molecule has 0 radical (unpaired) electrons. The number of carbonyl (C=O) groups excluding carboxylic acids is 1. The highest BCUT2D eigenvalue weighted by molar-refractivity contribution is 5.98. The van der Waals surface area contributed by atoms with Crippen LogP contribution in [0.3, 0.4) is 0 Å². The summed E-state index contributed by atoms with van der Waals surface area (Å²) in [6.45, 7) is 0. The molecule has 0 aliphatic heterocycles. The number of hydrogen-bond acceptors (Lipinski definition) is 2. The Labute approximate surface area is 113 Å². The van der Waals surface area contributed by atoms with E-state index in [9.17, 15) is 18.0 Å². The third kappa shape index (κ3) is 3.50. The normalized spacial score (nSPS) is 10.9. The molecule has 0 unspecified atom stereocenters. The molecule has 2 N–H and O–H groups in total. The summed E-state index contributed by atoms with van der Waals surface area (Å²) in [4.78, 5) is 11.0. The molecule has 0 atom stereocenters. The summed E-state index contributed by atoms with van der Waals surface area (Å²) in [5, 5.41) is 4.79. The SMILES string of the molecule is O=C(Nc1ccccc1Nc1ccccc1)C(F)(F)F. The van der Waals surface area contributed by atoms with Crippen molar-refractivity contribution in [2.75, 3.05) is 10.6 Å². The molecule has 0 aliphatic rings. The Hall–Kier alpha value is -2.50. The molecule has 0 saturated carbocycles. The van der Waals surface area contributed by atoms with Crippen LogP contribution < -0.4 is 10.6 Å². The van der Waals surface area contributed by atoms with Crippen molar-refractivity contribution in [3.63, 3.8) is 0 Å². The molecule has 1 amide bonds. The molecule has 2 aromatic rings. The Morgan fingerprint density at radius 2 is 1.40 bits per heavy atom. The second-order valence-electron chi connectivity index (χ2n) is 3.99. The number of amides is 1. The molecule has 3 nitrogen and oxygen atoms in total. The zero-order valence-electron chi connectivity index (χ0n) is 10.2. The molecule has 6 heteroatoms. The van der Waals surface area contributed by atoms with Crippen LogP contribution in [-0.4, -0.2) is 12.1 Å². The summed E-state index contributed by atoms with van der Waals surface area (Å²) >= 11 is 0. The first-order chi connectivity index (χ1) is 9.47. The highest BCUT2D eigenvalue weighted by Crippen LogP contribution is 2.27. The van der Waals surface area contributed by atoms with Crippen molar-refractivity contribution in [3.8, 4) is 0 Å². The predicted octanol–water partition coefficient (Wildman–Crippen LogP) is 3.93. The highest BCUT2D eigenvalue weighted by atomic mass is 19.4. The number of para-hydroxylation sites is 3. The van der Waals surface area contributed by atoms with Crippen molar-refractivity contribution in [3.05, 3.63) is 54.6 Å². The molecule has 2 aromatic carbocycles. The summed E-state index contributed by atoms with van der Waals surface area (Å²) in [6.07, 6.45) is -4.92. The molecular weight excluding hydrogens is 269 g/mol. The Morgan fingerprint density at radius 1 is 0.850 bits per heavy atom. The average Bonchev–Trinajstić information content (AvgIpc) is 2.41. The van der Waals surface area contributed by atoms with E-state index in [1.54, 1.807) is 42.5 Å². The van der Waals surface area contributed by atoms with Crippen molar-refractivity contribution < 1.29 is 18.0 Å². The Bertz CT molecular complexity index is 597. The lowest BCUT2D eigenvalue weighted by atomic mass is 10.2. The predicted molar refractivity (Wildman–Crippen MR) is 70.9 cm³/mol. The summed E-state index contributed by atoms with van der Waals surface area (Å²) in [5.41, 5.74) is 1.16. The Balaban J connectivity index is 2.21. The van der Waals surface area contributed by atoms with E-state index in [1.165, 1.54) is 6.07 Å². The van der Waals surface area contributed by atoms with Crippen LogP contribution in [0, 0.1) is 0 Å². The number of nitrogens with one attached hydrogen (secondary N) is 2. The number of anilines is 3. The average molecular weight is 280 g/mol. The van der Waals surface area contributed by atoms with Gasteiger partial charge in [0.1, 0.15) is 0 Å². The Morgan fingerprint density at radius 3 is 2.00 bits per heavy atom. The van der Waals surface area contributed by atoms with Crippen LogP contribution in [0.4, 0.5) is 30.2 Å². The summed E-state index contributed by atoms with van der Waals surface area (Å²) < 4.78 is 36.8. The van der Waals surface area contributed by atoms with E-state index < -0.39 is 12.1 Å². The van der Waals surface area contributed by atoms with E-state index in [4.69, 9.17) is 0 Å². The molecule has 0 bridgehead atoms. The fourth-order valence-electron chi connectivity index (χ4n) is 1.57. The number of alkyl halides is 3. The van der Waals surface area contributed by atoms with Gasteiger partial charge in [-0.1, -0.05) is 30.3 Å². The van der Waals surface area contributed by atoms with Crippen LogP contribution >= 0.6 is 0 Å². The van der Waals surface area contributed by atoms with Crippen LogP contribution in [0.15, 0.2) is 54.6 Å².